The molecule has 31 heavy (non-hydrogen) atoms. The van der Waals surface area contributed by atoms with Crippen LogP contribution in [0.25, 0.3) is 0 Å². The van der Waals surface area contributed by atoms with E-state index in [1.165, 1.54) is 12.1 Å². The predicted octanol–water partition coefficient (Wildman–Crippen LogP) is 3.23. The number of benzene rings is 1. The van der Waals surface area contributed by atoms with E-state index in [0.29, 0.717) is 5.82 Å². The molecule has 2 heterocycles. The van der Waals surface area contributed by atoms with E-state index < -0.39 is 12.3 Å². The van der Waals surface area contributed by atoms with Crippen molar-refractivity contribution < 1.29 is 14.0 Å². The molecule has 0 bridgehead atoms. The smallest absolute Gasteiger partial charge is 0.320 e. The van der Waals surface area contributed by atoms with Gasteiger partial charge in [-0.3, -0.25) is 15.4 Å². The first kappa shape index (κ1) is 22.7. The van der Waals surface area contributed by atoms with Crippen LogP contribution < -0.4 is 21.3 Å². The van der Waals surface area contributed by atoms with Gasteiger partial charge in [0.2, 0.25) is 5.91 Å². The number of rotatable bonds is 5. The minimum Gasteiger partial charge on any atom is -0.334 e. The molecule has 1 aliphatic heterocycles. The zero-order valence-electron chi connectivity index (χ0n) is 18.6. The van der Waals surface area contributed by atoms with E-state index in [0.717, 1.165) is 17.7 Å². The Bertz CT molecular complexity index is 934. The van der Waals surface area contributed by atoms with Crippen molar-refractivity contribution in [1.82, 2.24) is 25.7 Å². The van der Waals surface area contributed by atoms with E-state index in [4.69, 9.17) is 0 Å². The monoisotopic (exact) mass is 430 g/mol. The summed E-state index contributed by atoms with van der Waals surface area (Å²) in [5.74, 6) is -0.0301. The Morgan fingerprint density at radius 2 is 1.94 bits per heavy atom. The molecule has 0 aliphatic carbocycles. The Labute approximate surface area is 182 Å². The van der Waals surface area contributed by atoms with Crippen LogP contribution >= 0.6 is 0 Å². The average Bonchev–Trinajstić information content (AvgIpc) is 3.11. The van der Waals surface area contributed by atoms with Gasteiger partial charge in [0, 0.05) is 24.1 Å². The fourth-order valence-electron chi connectivity index (χ4n) is 3.54. The maximum atomic E-state index is 13.0. The number of carbonyl (C=O) groups excluding carboxylic acids is 2. The van der Waals surface area contributed by atoms with Crippen molar-refractivity contribution in [1.29, 1.82) is 0 Å². The molecule has 8 nitrogen and oxygen atoms in total. The highest BCUT2D eigenvalue weighted by Crippen LogP contribution is 2.27. The highest BCUT2D eigenvalue weighted by molar-refractivity contribution is 5.88. The molecule has 9 heteroatoms. The number of amides is 3. The summed E-state index contributed by atoms with van der Waals surface area (Å²) < 4.78 is 14.6. The highest BCUT2D eigenvalue weighted by atomic mass is 19.1. The number of nitrogens with zero attached hydrogens (tertiary/aromatic N) is 2. The molecule has 1 fully saturated rings. The lowest BCUT2D eigenvalue weighted by Crippen LogP contribution is -2.57. The SMILES string of the molecule is CCC1C(=O)NC(n2nc(C(C)(C)C)cc2NC(=O)NCc2ccc(F)cc2)NC1C. The minimum atomic E-state index is -0.575. The van der Waals surface area contributed by atoms with E-state index in [2.05, 4.69) is 26.4 Å². The third-order valence-corrected chi connectivity index (χ3v) is 5.44. The summed E-state index contributed by atoms with van der Waals surface area (Å²) in [6.45, 7) is 10.3. The third-order valence-electron chi connectivity index (χ3n) is 5.44. The summed E-state index contributed by atoms with van der Waals surface area (Å²) in [5.41, 5.74) is 1.31. The molecule has 1 aliphatic rings. The van der Waals surface area contributed by atoms with Gasteiger partial charge in [0.1, 0.15) is 11.6 Å². The second kappa shape index (κ2) is 9.05. The molecular weight excluding hydrogens is 399 g/mol. The van der Waals surface area contributed by atoms with Crippen molar-refractivity contribution in [2.45, 2.75) is 65.3 Å². The highest BCUT2D eigenvalue weighted by Gasteiger charge is 2.35. The number of urea groups is 1. The molecule has 1 aromatic carbocycles. The predicted molar refractivity (Wildman–Crippen MR) is 117 cm³/mol. The first-order valence-corrected chi connectivity index (χ1v) is 10.5. The van der Waals surface area contributed by atoms with E-state index in [9.17, 15) is 14.0 Å². The van der Waals surface area contributed by atoms with Gasteiger partial charge in [-0.05, 0) is 31.0 Å². The number of halogens is 1. The molecule has 3 rings (SSSR count). The third kappa shape index (κ3) is 5.41. The molecule has 4 N–H and O–H groups in total. The van der Waals surface area contributed by atoms with Crippen molar-refractivity contribution in [3.63, 3.8) is 0 Å². The van der Waals surface area contributed by atoms with Crippen molar-refractivity contribution in [3.8, 4) is 0 Å². The lowest BCUT2D eigenvalue weighted by Gasteiger charge is -2.35. The topological polar surface area (TPSA) is 100 Å². The van der Waals surface area contributed by atoms with Crippen molar-refractivity contribution in [2.75, 3.05) is 5.32 Å². The Morgan fingerprint density at radius 1 is 1.26 bits per heavy atom. The van der Waals surface area contributed by atoms with Gasteiger partial charge in [-0.15, -0.1) is 0 Å². The lowest BCUT2D eigenvalue weighted by molar-refractivity contribution is -0.130. The lowest BCUT2D eigenvalue weighted by atomic mass is 9.92. The molecule has 0 saturated carbocycles. The maximum Gasteiger partial charge on any atom is 0.320 e. The van der Waals surface area contributed by atoms with Crippen LogP contribution in [0.5, 0.6) is 0 Å². The molecule has 1 saturated heterocycles. The van der Waals surface area contributed by atoms with Gasteiger partial charge in [0.25, 0.3) is 0 Å². The van der Waals surface area contributed by atoms with Crippen molar-refractivity contribution in [2.24, 2.45) is 5.92 Å². The Kier molecular flexibility index (Phi) is 6.64. The van der Waals surface area contributed by atoms with Gasteiger partial charge in [0.15, 0.2) is 6.29 Å². The Hall–Kier alpha value is -2.94. The summed E-state index contributed by atoms with van der Waals surface area (Å²) in [6.07, 6.45) is 0.157. The summed E-state index contributed by atoms with van der Waals surface area (Å²) in [7, 11) is 0. The zero-order chi connectivity index (χ0) is 22.8. The summed E-state index contributed by atoms with van der Waals surface area (Å²) in [5, 5.41) is 16.6. The minimum absolute atomic E-state index is 0.0359. The van der Waals surface area contributed by atoms with E-state index in [1.54, 1.807) is 16.8 Å². The summed E-state index contributed by atoms with van der Waals surface area (Å²) >= 11 is 0. The Morgan fingerprint density at radius 3 is 2.52 bits per heavy atom. The average molecular weight is 431 g/mol. The molecular formula is C22H31FN6O2. The van der Waals surface area contributed by atoms with Gasteiger partial charge in [-0.25, -0.2) is 13.9 Å². The first-order chi connectivity index (χ1) is 14.6. The van der Waals surface area contributed by atoms with Crippen LogP contribution in [0.4, 0.5) is 15.0 Å². The number of hydrogen-bond donors (Lipinski definition) is 4. The number of carbonyl (C=O) groups is 2. The van der Waals surface area contributed by atoms with Crippen LogP contribution in [0.1, 0.15) is 58.6 Å². The normalized spacial score (nSPS) is 21.5. The zero-order valence-corrected chi connectivity index (χ0v) is 18.6. The van der Waals surface area contributed by atoms with E-state index >= 15 is 0 Å². The number of nitrogens with one attached hydrogen (secondary N) is 4. The fourth-order valence-corrected chi connectivity index (χ4v) is 3.54. The Balaban J connectivity index is 1.77. The maximum absolute atomic E-state index is 13.0. The summed E-state index contributed by atoms with van der Waals surface area (Å²) in [6, 6.07) is 7.28. The van der Waals surface area contributed by atoms with Gasteiger partial charge in [-0.2, -0.15) is 5.10 Å². The van der Waals surface area contributed by atoms with Crippen LogP contribution in [0.3, 0.4) is 0 Å². The molecule has 2 aromatic rings. The molecule has 0 radical (unpaired) electrons. The van der Waals surface area contributed by atoms with Crippen LogP contribution in [-0.4, -0.2) is 27.8 Å². The van der Waals surface area contributed by atoms with Crippen LogP contribution in [-0.2, 0) is 16.8 Å². The standard InChI is InChI=1S/C22H31FN6O2/c1-6-16-13(2)25-20(27-19(16)30)29-18(11-17(28-29)22(3,4)5)26-21(31)24-12-14-7-9-15(23)10-8-14/h7-11,13,16,20,25H,6,12H2,1-5H3,(H,27,30)(H2,24,26,31). The second-order valence-corrected chi connectivity index (χ2v) is 8.92. The molecule has 168 valence electrons. The number of aromatic nitrogens is 2. The summed E-state index contributed by atoms with van der Waals surface area (Å²) in [4.78, 5) is 25.0. The number of hydrogen-bond acceptors (Lipinski definition) is 4. The molecule has 3 unspecified atom stereocenters. The fraction of sp³-hybridized carbons (Fsp3) is 0.500. The van der Waals surface area contributed by atoms with Gasteiger partial charge < -0.3 is 10.6 Å². The first-order valence-electron chi connectivity index (χ1n) is 10.5. The quantitative estimate of drug-likeness (QED) is 0.585. The largest absolute Gasteiger partial charge is 0.334 e. The van der Waals surface area contributed by atoms with Gasteiger partial charge >= 0.3 is 6.03 Å². The molecule has 3 atom stereocenters. The molecule has 1 aromatic heterocycles. The second-order valence-electron chi connectivity index (χ2n) is 8.92. The van der Waals surface area contributed by atoms with E-state index in [-0.39, 0.29) is 35.6 Å². The van der Waals surface area contributed by atoms with Crippen molar-refractivity contribution >= 4 is 17.8 Å². The van der Waals surface area contributed by atoms with Gasteiger partial charge in [0.05, 0.1) is 11.6 Å². The van der Waals surface area contributed by atoms with Crippen LogP contribution in [0, 0.1) is 11.7 Å². The van der Waals surface area contributed by atoms with Crippen molar-refractivity contribution in [3.05, 3.63) is 47.4 Å². The van der Waals surface area contributed by atoms with Crippen LogP contribution in [0.2, 0.25) is 0 Å². The molecule has 0 spiro atoms. The van der Waals surface area contributed by atoms with Gasteiger partial charge in [-0.1, -0.05) is 39.8 Å². The van der Waals surface area contributed by atoms with E-state index in [1.807, 2.05) is 40.7 Å². The number of anilines is 1. The molecule has 3 amide bonds. The van der Waals surface area contributed by atoms with Crippen LogP contribution in [0.15, 0.2) is 30.3 Å².